The van der Waals surface area contributed by atoms with Crippen molar-refractivity contribution in [1.82, 2.24) is 0 Å². The van der Waals surface area contributed by atoms with Gasteiger partial charge in [-0.15, -0.1) is 0 Å². The molecule has 0 amide bonds. The van der Waals surface area contributed by atoms with Crippen LogP contribution in [0.5, 0.6) is 0 Å². The third kappa shape index (κ3) is 4.28. The van der Waals surface area contributed by atoms with Crippen LogP contribution >= 0.6 is 15.9 Å². The van der Waals surface area contributed by atoms with E-state index >= 15 is 0 Å². The van der Waals surface area contributed by atoms with Crippen molar-refractivity contribution >= 4 is 15.9 Å². The Labute approximate surface area is 91.5 Å². The molecule has 0 radical (unpaired) electrons. The molecule has 0 heterocycles. The van der Waals surface area contributed by atoms with Crippen molar-refractivity contribution in [1.29, 1.82) is 0 Å². The normalized spacial score (nSPS) is 13.5. The van der Waals surface area contributed by atoms with Gasteiger partial charge in [0.05, 0.1) is 26.2 Å². The zero-order chi connectivity index (χ0) is 10.3. The van der Waals surface area contributed by atoms with Gasteiger partial charge in [0.2, 0.25) is 0 Å². The van der Waals surface area contributed by atoms with Gasteiger partial charge in [-0.3, -0.25) is 0 Å². The van der Waals surface area contributed by atoms with E-state index in [1.54, 1.807) is 0 Å². The summed E-state index contributed by atoms with van der Waals surface area (Å²) in [4.78, 5) is 0. The molecule has 0 saturated heterocycles. The largest absolute Gasteiger partial charge is 0.321 e. The van der Waals surface area contributed by atoms with Crippen molar-refractivity contribution in [2.45, 2.75) is 27.7 Å². The number of halogens is 1. The molecule has 0 saturated carbocycles. The van der Waals surface area contributed by atoms with Crippen LogP contribution in [-0.4, -0.2) is 36.0 Å². The van der Waals surface area contributed by atoms with E-state index in [0.29, 0.717) is 0 Å². The number of allylic oxidation sites excluding steroid dienone is 1. The first-order chi connectivity index (χ1) is 6.14. The molecule has 0 unspecified atom stereocenters. The summed E-state index contributed by atoms with van der Waals surface area (Å²) < 4.78 is 1.21. The van der Waals surface area contributed by atoms with E-state index in [-0.39, 0.29) is 0 Å². The van der Waals surface area contributed by atoms with Crippen LogP contribution in [0.15, 0.2) is 11.6 Å². The first-order valence-corrected chi connectivity index (χ1v) is 6.33. The summed E-state index contributed by atoms with van der Waals surface area (Å²) in [5.74, 6) is 0. The zero-order valence-corrected chi connectivity index (χ0v) is 11.0. The van der Waals surface area contributed by atoms with E-state index in [0.717, 1.165) is 5.33 Å². The molecule has 0 N–H and O–H groups in total. The molecular weight excluding hydrogens is 226 g/mol. The van der Waals surface area contributed by atoms with Gasteiger partial charge in [0.15, 0.2) is 0 Å². The summed E-state index contributed by atoms with van der Waals surface area (Å²) in [6.45, 7) is 13.9. The van der Waals surface area contributed by atoms with Crippen LogP contribution in [0, 0.1) is 0 Å². The van der Waals surface area contributed by atoms with Crippen LogP contribution in [-0.2, 0) is 0 Å². The molecule has 0 aliphatic heterocycles. The lowest BCUT2D eigenvalue weighted by molar-refractivity contribution is -0.917. The summed E-state index contributed by atoms with van der Waals surface area (Å²) in [7, 11) is 0. The molecular formula is C11H23BrN+. The highest BCUT2D eigenvalue weighted by Gasteiger charge is 2.18. The van der Waals surface area contributed by atoms with Crippen LogP contribution in [0.4, 0.5) is 0 Å². The molecule has 0 fully saturated rings. The summed E-state index contributed by atoms with van der Waals surface area (Å²) in [5.41, 5.74) is 1.44. The standard InChI is InChI=1S/C11H23BrN/c1-5-13(6-2,7-3)9-8-11(4)10-12/h8H,5-7,9-10H2,1-4H3/q+1. The Bertz CT molecular complexity index is 151. The minimum atomic E-state index is 1.00. The van der Waals surface area contributed by atoms with Crippen LogP contribution in [0.2, 0.25) is 0 Å². The zero-order valence-electron chi connectivity index (χ0n) is 9.44. The molecule has 78 valence electrons. The first-order valence-electron chi connectivity index (χ1n) is 5.20. The molecule has 0 atom stereocenters. The second-order valence-electron chi connectivity index (χ2n) is 3.66. The van der Waals surface area contributed by atoms with Crippen LogP contribution in [0.3, 0.4) is 0 Å². The molecule has 13 heavy (non-hydrogen) atoms. The van der Waals surface area contributed by atoms with E-state index in [1.165, 1.54) is 36.2 Å². The Morgan fingerprint density at radius 3 is 1.92 bits per heavy atom. The Morgan fingerprint density at radius 1 is 1.15 bits per heavy atom. The first kappa shape index (κ1) is 13.2. The van der Waals surface area contributed by atoms with Crippen LogP contribution in [0.25, 0.3) is 0 Å². The van der Waals surface area contributed by atoms with Crippen LogP contribution in [0.1, 0.15) is 27.7 Å². The third-order valence-corrected chi connectivity index (χ3v) is 3.93. The maximum Gasteiger partial charge on any atom is 0.0976 e. The highest BCUT2D eigenvalue weighted by molar-refractivity contribution is 9.09. The van der Waals surface area contributed by atoms with Crippen molar-refractivity contribution in [3.63, 3.8) is 0 Å². The lowest BCUT2D eigenvalue weighted by Gasteiger charge is -2.34. The second kappa shape index (κ2) is 6.61. The maximum absolute atomic E-state index is 3.47. The molecule has 0 aromatic heterocycles. The van der Waals surface area contributed by atoms with Crippen LogP contribution < -0.4 is 0 Å². The molecule has 0 aromatic carbocycles. The molecule has 0 aliphatic carbocycles. The highest BCUT2D eigenvalue weighted by Crippen LogP contribution is 2.08. The Hall–Kier alpha value is 0.180. The minimum absolute atomic E-state index is 1.00. The van der Waals surface area contributed by atoms with Gasteiger partial charge in [0.1, 0.15) is 0 Å². The number of hydrogen-bond acceptors (Lipinski definition) is 0. The van der Waals surface area contributed by atoms with Crippen molar-refractivity contribution in [2.24, 2.45) is 0 Å². The average molecular weight is 249 g/mol. The van der Waals surface area contributed by atoms with E-state index in [9.17, 15) is 0 Å². The number of alkyl halides is 1. The molecule has 0 rings (SSSR count). The molecule has 0 bridgehead atoms. The van der Waals surface area contributed by atoms with Gasteiger partial charge in [0.25, 0.3) is 0 Å². The van der Waals surface area contributed by atoms with E-state index in [2.05, 4.69) is 49.7 Å². The second-order valence-corrected chi connectivity index (χ2v) is 4.22. The topological polar surface area (TPSA) is 0 Å². The Balaban J connectivity index is 4.25. The van der Waals surface area contributed by atoms with E-state index in [1.807, 2.05) is 0 Å². The van der Waals surface area contributed by atoms with Crippen molar-refractivity contribution in [3.8, 4) is 0 Å². The van der Waals surface area contributed by atoms with E-state index < -0.39 is 0 Å². The van der Waals surface area contributed by atoms with E-state index in [4.69, 9.17) is 0 Å². The van der Waals surface area contributed by atoms with Gasteiger partial charge >= 0.3 is 0 Å². The fourth-order valence-electron chi connectivity index (χ4n) is 1.46. The molecule has 2 heteroatoms. The average Bonchev–Trinajstić information content (AvgIpc) is 2.20. The maximum atomic E-state index is 3.47. The quantitative estimate of drug-likeness (QED) is 0.385. The lowest BCUT2D eigenvalue weighted by atomic mass is 10.2. The predicted molar refractivity (Wildman–Crippen MR) is 64.3 cm³/mol. The Morgan fingerprint density at radius 2 is 1.62 bits per heavy atom. The van der Waals surface area contributed by atoms with Gasteiger partial charge in [-0.05, 0) is 33.8 Å². The SMILES string of the molecule is CC[N+](CC)(CC)CC=C(C)CBr. The fourth-order valence-corrected chi connectivity index (χ4v) is 1.69. The number of quaternary nitrogens is 1. The lowest BCUT2D eigenvalue weighted by Crippen LogP contribution is -2.47. The summed E-state index contributed by atoms with van der Waals surface area (Å²) in [5, 5.41) is 1.00. The smallest absolute Gasteiger partial charge is 0.0976 e. The monoisotopic (exact) mass is 248 g/mol. The molecule has 0 aromatic rings. The number of rotatable bonds is 6. The van der Waals surface area contributed by atoms with Crippen molar-refractivity contribution in [2.75, 3.05) is 31.5 Å². The predicted octanol–water partition coefficient (Wildman–Crippen LogP) is 3.20. The van der Waals surface area contributed by atoms with Crippen molar-refractivity contribution < 1.29 is 4.48 Å². The summed E-state index contributed by atoms with van der Waals surface area (Å²) in [6.07, 6.45) is 2.37. The van der Waals surface area contributed by atoms with Gasteiger partial charge in [0, 0.05) is 5.33 Å². The van der Waals surface area contributed by atoms with Gasteiger partial charge in [-0.25, -0.2) is 0 Å². The molecule has 1 nitrogen and oxygen atoms in total. The number of hydrogen-bond donors (Lipinski definition) is 0. The molecule has 0 spiro atoms. The minimum Gasteiger partial charge on any atom is -0.321 e. The summed E-state index contributed by atoms with van der Waals surface area (Å²) in [6, 6.07) is 0. The fraction of sp³-hybridized carbons (Fsp3) is 0.818. The summed E-state index contributed by atoms with van der Waals surface area (Å²) >= 11 is 3.47. The number of nitrogens with zero attached hydrogens (tertiary/aromatic N) is 1. The molecule has 0 aliphatic rings. The number of likely N-dealkylation sites (N-methyl/N-ethyl adjacent to an activating group) is 1. The van der Waals surface area contributed by atoms with Gasteiger partial charge in [-0.2, -0.15) is 0 Å². The third-order valence-electron chi connectivity index (χ3n) is 3.05. The van der Waals surface area contributed by atoms with Gasteiger partial charge in [-0.1, -0.05) is 21.5 Å². The van der Waals surface area contributed by atoms with Crippen molar-refractivity contribution in [3.05, 3.63) is 11.6 Å². The van der Waals surface area contributed by atoms with Gasteiger partial charge < -0.3 is 4.48 Å². The Kier molecular flexibility index (Phi) is 6.70. The highest BCUT2D eigenvalue weighted by atomic mass is 79.9.